The summed E-state index contributed by atoms with van der Waals surface area (Å²) in [5, 5.41) is 11.2. The van der Waals surface area contributed by atoms with E-state index in [-0.39, 0.29) is 12.1 Å². The van der Waals surface area contributed by atoms with Crippen LogP contribution in [0.5, 0.6) is 0 Å². The molecule has 0 amide bonds. The topological polar surface area (TPSA) is 49.3 Å². The second-order valence-electron chi connectivity index (χ2n) is 2.81. The molecule has 1 saturated carbocycles. The molecule has 0 aliphatic heterocycles. The van der Waals surface area contributed by atoms with Crippen molar-refractivity contribution in [3.8, 4) is 0 Å². The Morgan fingerprint density at radius 2 is 2.33 bits per heavy atom. The Balaban J connectivity index is 2.12. The van der Waals surface area contributed by atoms with Gasteiger partial charge in [-0.05, 0) is 19.8 Å². The fourth-order valence-electron chi connectivity index (χ4n) is 0.653. The van der Waals surface area contributed by atoms with E-state index in [1.54, 1.807) is 0 Å². The van der Waals surface area contributed by atoms with Crippen molar-refractivity contribution in [2.24, 2.45) is 0 Å². The number of nitrogens with one attached hydrogen (secondary N) is 1. The number of hydrogen-bond donors (Lipinski definition) is 2. The molecule has 9 heavy (non-hydrogen) atoms. The molecule has 0 radical (unpaired) electrons. The first kappa shape index (κ1) is 6.55. The van der Waals surface area contributed by atoms with Gasteiger partial charge in [0, 0.05) is 5.54 Å². The lowest BCUT2D eigenvalue weighted by Crippen LogP contribution is -2.32. The highest BCUT2D eigenvalue weighted by atomic mass is 16.4. The van der Waals surface area contributed by atoms with Gasteiger partial charge in [0.1, 0.15) is 0 Å². The molecule has 0 spiro atoms. The minimum atomic E-state index is -0.775. The maximum atomic E-state index is 10.0. The third kappa shape index (κ3) is 2.01. The second kappa shape index (κ2) is 1.99. The summed E-state index contributed by atoms with van der Waals surface area (Å²) in [6.07, 6.45) is 2.22. The van der Waals surface area contributed by atoms with Crippen LogP contribution in [0.4, 0.5) is 0 Å². The van der Waals surface area contributed by atoms with Crippen LogP contribution in [0, 0.1) is 0 Å². The minimum Gasteiger partial charge on any atom is -0.480 e. The fraction of sp³-hybridized carbons (Fsp3) is 0.833. The molecule has 0 aromatic carbocycles. The quantitative estimate of drug-likeness (QED) is 0.572. The van der Waals surface area contributed by atoms with E-state index >= 15 is 0 Å². The van der Waals surface area contributed by atoms with Gasteiger partial charge in [-0.1, -0.05) is 0 Å². The van der Waals surface area contributed by atoms with Crippen LogP contribution < -0.4 is 5.32 Å². The standard InChI is InChI=1S/C6H11NO2/c1-6(2-3-6)7-4-5(8)9/h7H,2-4H2,1H3,(H,8,9). The molecule has 0 heterocycles. The average Bonchev–Trinajstić information content (AvgIpc) is 2.45. The molecule has 0 aromatic rings. The molecule has 52 valence electrons. The van der Waals surface area contributed by atoms with Crippen LogP contribution in [-0.2, 0) is 4.79 Å². The smallest absolute Gasteiger partial charge is 0.317 e. The van der Waals surface area contributed by atoms with E-state index in [1.165, 1.54) is 0 Å². The summed E-state index contributed by atoms with van der Waals surface area (Å²) in [7, 11) is 0. The fourth-order valence-corrected chi connectivity index (χ4v) is 0.653. The molecule has 0 bridgehead atoms. The summed E-state index contributed by atoms with van der Waals surface area (Å²) in [6, 6.07) is 0. The minimum absolute atomic E-state index is 0.0938. The molecule has 2 N–H and O–H groups in total. The van der Waals surface area contributed by atoms with Crippen molar-refractivity contribution < 1.29 is 9.90 Å². The highest BCUT2D eigenvalue weighted by molar-refractivity contribution is 5.69. The van der Waals surface area contributed by atoms with Gasteiger partial charge in [-0.2, -0.15) is 0 Å². The Morgan fingerprint density at radius 1 is 1.78 bits per heavy atom. The van der Waals surface area contributed by atoms with Gasteiger partial charge in [0.2, 0.25) is 0 Å². The zero-order valence-corrected chi connectivity index (χ0v) is 5.48. The van der Waals surface area contributed by atoms with Gasteiger partial charge in [-0.25, -0.2) is 0 Å². The molecule has 3 nitrogen and oxygen atoms in total. The summed E-state index contributed by atoms with van der Waals surface area (Å²) in [4.78, 5) is 10.0. The van der Waals surface area contributed by atoms with Crippen molar-refractivity contribution in [1.82, 2.24) is 5.32 Å². The number of aliphatic carboxylic acids is 1. The maximum absolute atomic E-state index is 10.0. The SMILES string of the molecule is CC1(NCC(=O)O)CC1. The van der Waals surface area contributed by atoms with Crippen LogP contribution in [0.3, 0.4) is 0 Å². The molecular weight excluding hydrogens is 118 g/mol. The van der Waals surface area contributed by atoms with Gasteiger partial charge in [-0.3, -0.25) is 4.79 Å². The molecule has 0 unspecified atom stereocenters. The maximum Gasteiger partial charge on any atom is 0.317 e. The molecule has 0 saturated heterocycles. The molecule has 1 rings (SSSR count). The molecule has 3 heteroatoms. The van der Waals surface area contributed by atoms with E-state index < -0.39 is 5.97 Å². The molecule has 1 fully saturated rings. The zero-order valence-electron chi connectivity index (χ0n) is 5.48. The van der Waals surface area contributed by atoms with Crippen LogP contribution in [0.25, 0.3) is 0 Å². The third-order valence-electron chi connectivity index (χ3n) is 1.67. The number of carboxylic acids is 1. The van der Waals surface area contributed by atoms with Crippen LogP contribution in [0.1, 0.15) is 19.8 Å². The number of carbonyl (C=O) groups is 1. The third-order valence-corrected chi connectivity index (χ3v) is 1.67. The predicted molar refractivity (Wildman–Crippen MR) is 33.3 cm³/mol. The molecule has 0 aromatic heterocycles. The van der Waals surface area contributed by atoms with Crippen molar-refractivity contribution in [2.75, 3.05) is 6.54 Å². The summed E-state index contributed by atoms with van der Waals surface area (Å²) >= 11 is 0. The van der Waals surface area contributed by atoms with E-state index in [1.807, 2.05) is 6.92 Å². The van der Waals surface area contributed by atoms with Gasteiger partial charge in [0.15, 0.2) is 0 Å². The molecule has 1 aliphatic carbocycles. The Labute approximate surface area is 54.1 Å². The zero-order chi connectivity index (χ0) is 6.91. The van der Waals surface area contributed by atoms with E-state index in [9.17, 15) is 4.79 Å². The van der Waals surface area contributed by atoms with Crippen molar-refractivity contribution >= 4 is 5.97 Å². The number of rotatable bonds is 3. The van der Waals surface area contributed by atoms with Gasteiger partial charge >= 0.3 is 5.97 Å². The largest absolute Gasteiger partial charge is 0.480 e. The first-order chi connectivity index (χ1) is 4.12. The summed E-state index contributed by atoms with van der Waals surface area (Å²) in [6.45, 7) is 2.13. The Hall–Kier alpha value is -0.570. The van der Waals surface area contributed by atoms with Crippen molar-refractivity contribution in [2.45, 2.75) is 25.3 Å². The van der Waals surface area contributed by atoms with E-state index in [0.717, 1.165) is 12.8 Å². The van der Waals surface area contributed by atoms with Crippen LogP contribution in [0.15, 0.2) is 0 Å². The lowest BCUT2D eigenvalue weighted by atomic mass is 10.3. The van der Waals surface area contributed by atoms with Crippen molar-refractivity contribution in [1.29, 1.82) is 0 Å². The number of carboxylic acid groups (broad SMARTS) is 1. The van der Waals surface area contributed by atoms with Crippen LogP contribution >= 0.6 is 0 Å². The molecule has 1 aliphatic rings. The van der Waals surface area contributed by atoms with Gasteiger partial charge < -0.3 is 10.4 Å². The average molecular weight is 129 g/mol. The molecular formula is C6H11NO2. The van der Waals surface area contributed by atoms with Crippen LogP contribution in [-0.4, -0.2) is 23.2 Å². The van der Waals surface area contributed by atoms with E-state index in [0.29, 0.717) is 0 Å². The first-order valence-electron chi connectivity index (χ1n) is 3.09. The van der Waals surface area contributed by atoms with E-state index in [4.69, 9.17) is 5.11 Å². The molecule has 0 atom stereocenters. The van der Waals surface area contributed by atoms with Gasteiger partial charge in [0.05, 0.1) is 6.54 Å². The van der Waals surface area contributed by atoms with E-state index in [2.05, 4.69) is 5.32 Å². The first-order valence-corrected chi connectivity index (χ1v) is 3.09. The Morgan fingerprint density at radius 3 is 2.67 bits per heavy atom. The van der Waals surface area contributed by atoms with Gasteiger partial charge in [0.25, 0.3) is 0 Å². The van der Waals surface area contributed by atoms with Crippen molar-refractivity contribution in [3.63, 3.8) is 0 Å². The summed E-state index contributed by atoms with van der Waals surface area (Å²) < 4.78 is 0. The van der Waals surface area contributed by atoms with Crippen molar-refractivity contribution in [3.05, 3.63) is 0 Å². The Bertz CT molecular complexity index is 129. The lowest BCUT2D eigenvalue weighted by Gasteiger charge is -2.06. The lowest BCUT2D eigenvalue weighted by molar-refractivity contribution is -0.136. The number of hydrogen-bond acceptors (Lipinski definition) is 2. The predicted octanol–water partition coefficient (Wildman–Crippen LogP) is 0.213. The summed E-state index contributed by atoms with van der Waals surface area (Å²) in [5.74, 6) is -0.775. The normalized spacial score (nSPS) is 21.4. The second-order valence-corrected chi connectivity index (χ2v) is 2.81. The monoisotopic (exact) mass is 129 g/mol. The highest BCUT2D eigenvalue weighted by Crippen LogP contribution is 2.33. The Kier molecular flexibility index (Phi) is 1.45. The summed E-state index contributed by atoms with van der Waals surface area (Å²) in [5.41, 5.74) is 0.151. The van der Waals surface area contributed by atoms with Gasteiger partial charge in [-0.15, -0.1) is 0 Å². The van der Waals surface area contributed by atoms with Crippen LogP contribution in [0.2, 0.25) is 0 Å². The highest BCUT2D eigenvalue weighted by Gasteiger charge is 2.36.